The van der Waals surface area contributed by atoms with Gasteiger partial charge in [-0.15, -0.1) is 0 Å². The molecule has 0 fully saturated rings. The van der Waals surface area contributed by atoms with E-state index in [1.807, 2.05) is 0 Å². The molecule has 0 spiro atoms. The van der Waals surface area contributed by atoms with Crippen LogP contribution in [0, 0.1) is 0 Å². The molecule has 0 aromatic carbocycles. The SMILES string of the molecule is CCCCCCCCCC([PH+]([O-])[O-])[PH+]([O-])[O-].[Na+].[Na+]. The standard InChI is InChI=1S/C10H22O4P2.2Na/c1-2-3-4-5-6-7-8-9-10(15(11)12)16(13)14;;/h10,15-16H,2-9H2,1H3;;/q-2;2*+1. The molecule has 0 aromatic rings. The van der Waals surface area contributed by atoms with E-state index in [9.17, 15) is 19.6 Å². The van der Waals surface area contributed by atoms with Crippen LogP contribution >= 0.6 is 16.8 Å². The van der Waals surface area contributed by atoms with E-state index in [2.05, 4.69) is 6.92 Å². The van der Waals surface area contributed by atoms with Crippen molar-refractivity contribution in [2.75, 3.05) is 0 Å². The Balaban J connectivity index is -0.00000112. The molecule has 0 aliphatic carbocycles. The molecule has 0 amide bonds. The molecule has 0 aliphatic rings. The smallest absolute Gasteiger partial charge is 0.682 e. The molecule has 0 saturated carbocycles. The van der Waals surface area contributed by atoms with Gasteiger partial charge in [0.05, 0.1) is 0 Å². The molecule has 4 nitrogen and oxygen atoms in total. The molecule has 18 heavy (non-hydrogen) atoms. The van der Waals surface area contributed by atoms with Crippen LogP contribution in [0.1, 0.15) is 58.3 Å². The van der Waals surface area contributed by atoms with E-state index < -0.39 is 22.2 Å². The van der Waals surface area contributed by atoms with E-state index in [0.29, 0.717) is 6.42 Å². The molecule has 0 radical (unpaired) electrons. The van der Waals surface area contributed by atoms with Crippen LogP contribution in [0.25, 0.3) is 0 Å². The Bertz CT molecular complexity index is 157. The summed E-state index contributed by atoms with van der Waals surface area (Å²) in [5.74, 6) is 0. The van der Waals surface area contributed by atoms with Gasteiger partial charge in [-0.05, 0) is 6.42 Å². The first-order valence-corrected chi connectivity index (χ1v) is 8.80. The summed E-state index contributed by atoms with van der Waals surface area (Å²) in [4.78, 5) is 42.6. The third-order valence-corrected chi connectivity index (χ3v) is 5.80. The van der Waals surface area contributed by atoms with Gasteiger partial charge in [0, 0.05) is 6.42 Å². The minimum absolute atomic E-state index is 0. The molecule has 0 atom stereocenters. The monoisotopic (exact) mass is 314 g/mol. The maximum atomic E-state index is 10.6. The molecule has 0 bridgehead atoms. The number of unbranched alkanes of at least 4 members (excludes halogenated alkanes) is 6. The average Bonchev–Trinajstić information content (AvgIpc) is 2.21. The van der Waals surface area contributed by atoms with Gasteiger partial charge in [-0.2, -0.15) is 0 Å². The van der Waals surface area contributed by atoms with Crippen LogP contribution in [-0.4, -0.2) is 5.40 Å². The summed E-state index contributed by atoms with van der Waals surface area (Å²) in [6, 6.07) is 0. The average molecular weight is 314 g/mol. The zero-order valence-electron chi connectivity index (χ0n) is 11.9. The summed E-state index contributed by atoms with van der Waals surface area (Å²) in [5.41, 5.74) is 0. The van der Waals surface area contributed by atoms with Gasteiger partial charge in [0.2, 0.25) is 0 Å². The van der Waals surface area contributed by atoms with Crippen molar-refractivity contribution in [1.82, 2.24) is 0 Å². The van der Waals surface area contributed by atoms with Crippen molar-refractivity contribution in [2.45, 2.75) is 63.7 Å². The van der Waals surface area contributed by atoms with Gasteiger partial charge >= 0.3 is 59.1 Å². The second-order valence-electron chi connectivity index (χ2n) is 4.10. The van der Waals surface area contributed by atoms with Crippen molar-refractivity contribution in [3.8, 4) is 0 Å². The summed E-state index contributed by atoms with van der Waals surface area (Å²) in [5, 5.41) is -1.08. The normalized spacial score (nSPS) is 10.7. The van der Waals surface area contributed by atoms with Crippen molar-refractivity contribution >= 4 is 16.8 Å². The Hall–Kier alpha value is 2.70. The fraction of sp³-hybridized carbons (Fsp3) is 1.00. The molecular weight excluding hydrogens is 292 g/mol. The summed E-state index contributed by atoms with van der Waals surface area (Å²) >= 11 is 0. The van der Waals surface area contributed by atoms with E-state index in [4.69, 9.17) is 0 Å². The molecule has 8 heteroatoms. The van der Waals surface area contributed by atoms with Gasteiger partial charge in [-0.25, -0.2) is 0 Å². The fourth-order valence-electron chi connectivity index (χ4n) is 1.64. The number of rotatable bonds is 10. The minimum Gasteiger partial charge on any atom is -0.682 e. The molecule has 0 unspecified atom stereocenters. The van der Waals surface area contributed by atoms with E-state index in [1.54, 1.807) is 0 Å². The second kappa shape index (κ2) is 17.8. The minimum atomic E-state index is -3.15. The van der Waals surface area contributed by atoms with Gasteiger partial charge in [-0.3, -0.25) is 0 Å². The molecule has 0 saturated heterocycles. The fourth-order valence-corrected chi connectivity index (χ4v) is 3.29. The van der Waals surface area contributed by atoms with Crippen LogP contribution in [0.4, 0.5) is 0 Å². The Morgan fingerprint density at radius 3 is 1.50 bits per heavy atom. The van der Waals surface area contributed by atoms with Crippen LogP contribution in [-0.2, 0) is 0 Å². The van der Waals surface area contributed by atoms with Crippen molar-refractivity contribution in [1.29, 1.82) is 0 Å². The molecule has 0 aliphatic heterocycles. The third-order valence-electron chi connectivity index (χ3n) is 2.67. The maximum absolute atomic E-state index is 10.6. The molecule has 0 heterocycles. The van der Waals surface area contributed by atoms with E-state index in [0.717, 1.165) is 19.3 Å². The topological polar surface area (TPSA) is 92.2 Å². The Kier molecular flexibility index (Phi) is 25.3. The molecule has 0 N–H and O–H groups in total. The second-order valence-corrected chi connectivity index (χ2v) is 7.35. The van der Waals surface area contributed by atoms with Crippen LogP contribution in [0.2, 0.25) is 0 Å². The molecule has 0 aromatic heterocycles. The van der Waals surface area contributed by atoms with Gasteiger partial charge in [0.15, 0.2) is 0 Å². The van der Waals surface area contributed by atoms with E-state index in [-0.39, 0.29) is 65.5 Å². The van der Waals surface area contributed by atoms with Crippen LogP contribution in [0.5, 0.6) is 0 Å². The van der Waals surface area contributed by atoms with Gasteiger partial charge in [0.1, 0.15) is 5.40 Å². The van der Waals surface area contributed by atoms with Crippen molar-refractivity contribution in [2.24, 2.45) is 0 Å². The predicted octanol–water partition coefficient (Wildman–Crippen LogP) is -6.01. The van der Waals surface area contributed by atoms with Gasteiger partial charge in [-0.1, -0.05) is 62.2 Å². The van der Waals surface area contributed by atoms with Crippen molar-refractivity contribution in [3.63, 3.8) is 0 Å². The predicted molar refractivity (Wildman–Crippen MR) is 63.0 cm³/mol. The Morgan fingerprint density at radius 2 is 1.11 bits per heavy atom. The first kappa shape index (κ1) is 25.6. The molecular formula is C10H22Na2O4P2. The Labute approximate surface area is 157 Å². The third kappa shape index (κ3) is 15.1. The van der Waals surface area contributed by atoms with Crippen LogP contribution in [0.15, 0.2) is 0 Å². The Morgan fingerprint density at radius 1 is 0.722 bits per heavy atom. The van der Waals surface area contributed by atoms with Crippen LogP contribution in [0.3, 0.4) is 0 Å². The number of hydrogen-bond acceptors (Lipinski definition) is 4. The quantitative estimate of drug-likeness (QED) is 0.228. The van der Waals surface area contributed by atoms with E-state index in [1.165, 1.54) is 19.3 Å². The van der Waals surface area contributed by atoms with Crippen molar-refractivity contribution in [3.05, 3.63) is 0 Å². The van der Waals surface area contributed by atoms with Crippen LogP contribution < -0.4 is 78.7 Å². The molecule has 0 rings (SSSR count). The summed E-state index contributed by atoms with van der Waals surface area (Å²) in [6.07, 6.45) is 7.83. The summed E-state index contributed by atoms with van der Waals surface area (Å²) in [6.45, 7) is 2.16. The van der Waals surface area contributed by atoms with Gasteiger partial charge < -0.3 is 19.6 Å². The van der Waals surface area contributed by atoms with E-state index >= 15 is 0 Å². The zero-order chi connectivity index (χ0) is 12.4. The first-order valence-electron chi connectivity index (χ1n) is 6.01. The summed E-state index contributed by atoms with van der Waals surface area (Å²) in [7, 11) is -6.31. The number of hydrogen-bond donors (Lipinski definition) is 0. The first-order chi connectivity index (χ1) is 7.59. The summed E-state index contributed by atoms with van der Waals surface area (Å²) < 4.78 is 0. The van der Waals surface area contributed by atoms with Crippen molar-refractivity contribution < 1.29 is 78.7 Å². The maximum Gasteiger partial charge on any atom is 1.00 e. The zero-order valence-corrected chi connectivity index (χ0v) is 17.9. The largest absolute Gasteiger partial charge is 1.00 e. The molecule has 98 valence electrons. The van der Waals surface area contributed by atoms with Gasteiger partial charge in [0.25, 0.3) is 0 Å².